The Morgan fingerprint density at radius 1 is 1.18 bits per heavy atom. The summed E-state index contributed by atoms with van der Waals surface area (Å²) in [5.74, 6) is -0.177. The number of pyridine rings is 1. The minimum absolute atomic E-state index is 0. The highest BCUT2D eigenvalue weighted by molar-refractivity contribution is 9.08. The van der Waals surface area contributed by atoms with Crippen LogP contribution in [0.4, 0.5) is 4.39 Å². The Morgan fingerprint density at radius 2 is 1.88 bits per heavy atom. The number of alkyl halides is 1. The number of hydrogen-bond acceptors (Lipinski definition) is 1. The van der Waals surface area contributed by atoms with E-state index in [1.165, 1.54) is 0 Å². The zero-order valence-electron chi connectivity index (χ0n) is 9.28. The van der Waals surface area contributed by atoms with Crippen molar-refractivity contribution in [3.63, 3.8) is 0 Å². The first-order chi connectivity index (χ1) is 7.70. The standard InChI is InChI=1S/C13H11BrFN.BrH/c1-9-6-11(4-5-16-9)10-2-3-12(8-14)13(15)7-10;/h2-7H,8H2,1H3;1H. The Morgan fingerprint density at radius 3 is 2.47 bits per heavy atom. The van der Waals surface area contributed by atoms with Crippen LogP contribution in [0.15, 0.2) is 36.5 Å². The molecule has 0 N–H and O–H groups in total. The van der Waals surface area contributed by atoms with Crippen molar-refractivity contribution in [1.82, 2.24) is 4.98 Å². The second-order valence-corrected chi connectivity index (χ2v) is 4.19. The summed E-state index contributed by atoms with van der Waals surface area (Å²) >= 11 is 3.25. The monoisotopic (exact) mass is 359 g/mol. The van der Waals surface area contributed by atoms with Gasteiger partial charge < -0.3 is 0 Å². The van der Waals surface area contributed by atoms with E-state index >= 15 is 0 Å². The van der Waals surface area contributed by atoms with Crippen LogP contribution in [-0.2, 0) is 5.33 Å². The molecule has 0 saturated carbocycles. The molecule has 0 saturated heterocycles. The number of aryl methyl sites for hydroxylation is 1. The van der Waals surface area contributed by atoms with Gasteiger partial charge in [-0.3, -0.25) is 4.98 Å². The van der Waals surface area contributed by atoms with E-state index in [2.05, 4.69) is 20.9 Å². The van der Waals surface area contributed by atoms with Gasteiger partial charge in [0.05, 0.1) is 0 Å². The fourth-order valence-electron chi connectivity index (χ4n) is 1.56. The van der Waals surface area contributed by atoms with Crippen LogP contribution in [0.2, 0.25) is 0 Å². The Bertz CT molecular complexity index is 515. The molecule has 0 aliphatic carbocycles. The molecule has 1 nitrogen and oxygen atoms in total. The molecular formula is C13H12Br2FN. The van der Waals surface area contributed by atoms with Gasteiger partial charge in [0.25, 0.3) is 0 Å². The van der Waals surface area contributed by atoms with Gasteiger partial charge in [-0.1, -0.05) is 28.1 Å². The Labute approximate surface area is 119 Å². The van der Waals surface area contributed by atoms with Crippen molar-refractivity contribution < 1.29 is 4.39 Å². The summed E-state index contributed by atoms with van der Waals surface area (Å²) in [5.41, 5.74) is 3.48. The highest BCUT2D eigenvalue weighted by Crippen LogP contribution is 2.23. The maximum absolute atomic E-state index is 13.6. The Kier molecular flexibility index (Phi) is 5.28. The molecule has 1 aromatic heterocycles. The fourth-order valence-corrected chi connectivity index (χ4v) is 2.02. The zero-order valence-corrected chi connectivity index (χ0v) is 12.6. The normalized spacial score (nSPS) is 9.82. The third-order valence-electron chi connectivity index (χ3n) is 2.43. The van der Waals surface area contributed by atoms with Gasteiger partial charge >= 0.3 is 0 Å². The van der Waals surface area contributed by atoms with Gasteiger partial charge in [0, 0.05) is 17.2 Å². The summed E-state index contributed by atoms with van der Waals surface area (Å²) in [7, 11) is 0. The van der Waals surface area contributed by atoms with E-state index < -0.39 is 0 Å². The molecule has 1 aromatic carbocycles. The molecule has 0 spiro atoms. The lowest BCUT2D eigenvalue weighted by atomic mass is 10.0. The van der Waals surface area contributed by atoms with Crippen LogP contribution in [-0.4, -0.2) is 4.98 Å². The van der Waals surface area contributed by atoms with Crippen molar-refractivity contribution in [2.75, 3.05) is 0 Å². The molecule has 0 unspecified atom stereocenters. The van der Waals surface area contributed by atoms with E-state index in [9.17, 15) is 4.39 Å². The zero-order chi connectivity index (χ0) is 11.5. The average molecular weight is 361 g/mol. The first kappa shape index (κ1) is 14.3. The van der Waals surface area contributed by atoms with Gasteiger partial charge in [0.15, 0.2) is 0 Å². The van der Waals surface area contributed by atoms with Crippen LogP contribution >= 0.6 is 32.9 Å². The predicted octanol–water partition coefficient (Wildman–Crippen LogP) is 4.67. The predicted molar refractivity (Wildman–Crippen MR) is 77.3 cm³/mol. The smallest absolute Gasteiger partial charge is 0.127 e. The van der Waals surface area contributed by atoms with Crippen molar-refractivity contribution in [2.45, 2.75) is 12.3 Å². The topological polar surface area (TPSA) is 12.9 Å². The molecule has 90 valence electrons. The lowest BCUT2D eigenvalue weighted by Crippen LogP contribution is -1.88. The maximum Gasteiger partial charge on any atom is 0.127 e. The third kappa shape index (κ3) is 3.36. The second-order valence-electron chi connectivity index (χ2n) is 3.63. The molecule has 4 heteroatoms. The molecule has 2 rings (SSSR count). The summed E-state index contributed by atoms with van der Waals surface area (Å²) in [6.45, 7) is 1.92. The van der Waals surface area contributed by atoms with Crippen LogP contribution in [0, 0.1) is 12.7 Å². The van der Waals surface area contributed by atoms with Gasteiger partial charge in [-0.25, -0.2) is 4.39 Å². The minimum atomic E-state index is -0.177. The van der Waals surface area contributed by atoms with Crippen molar-refractivity contribution in [3.05, 3.63) is 53.6 Å². The van der Waals surface area contributed by atoms with Crippen LogP contribution in [0.5, 0.6) is 0 Å². The quantitative estimate of drug-likeness (QED) is 0.709. The van der Waals surface area contributed by atoms with E-state index in [-0.39, 0.29) is 22.8 Å². The number of nitrogens with zero attached hydrogens (tertiary/aromatic N) is 1. The summed E-state index contributed by atoms with van der Waals surface area (Å²) in [4.78, 5) is 4.12. The van der Waals surface area contributed by atoms with Crippen LogP contribution in [0.25, 0.3) is 11.1 Å². The lowest BCUT2D eigenvalue weighted by molar-refractivity contribution is 0.618. The van der Waals surface area contributed by atoms with Crippen LogP contribution < -0.4 is 0 Å². The van der Waals surface area contributed by atoms with E-state index in [4.69, 9.17) is 0 Å². The number of benzene rings is 1. The summed E-state index contributed by atoms with van der Waals surface area (Å²) < 4.78 is 13.6. The van der Waals surface area contributed by atoms with E-state index in [1.54, 1.807) is 18.3 Å². The molecule has 0 bridgehead atoms. The summed E-state index contributed by atoms with van der Waals surface area (Å²) in [6.07, 6.45) is 1.74. The van der Waals surface area contributed by atoms with Crippen molar-refractivity contribution in [2.24, 2.45) is 0 Å². The fraction of sp³-hybridized carbons (Fsp3) is 0.154. The second kappa shape index (κ2) is 6.26. The van der Waals surface area contributed by atoms with E-state index in [1.807, 2.05) is 25.1 Å². The van der Waals surface area contributed by atoms with Crippen molar-refractivity contribution in [3.8, 4) is 11.1 Å². The molecule has 17 heavy (non-hydrogen) atoms. The SMILES string of the molecule is Br.Cc1cc(-c2ccc(CBr)c(F)c2)ccn1. The number of aromatic nitrogens is 1. The molecular weight excluding hydrogens is 349 g/mol. The molecule has 0 radical (unpaired) electrons. The number of hydrogen-bond donors (Lipinski definition) is 0. The largest absolute Gasteiger partial charge is 0.262 e. The molecule has 0 fully saturated rings. The van der Waals surface area contributed by atoms with Gasteiger partial charge in [0.2, 0.25) is 0 Å². The van der Waals surface area contributed by atoms with Crippen LogP contribution in [0.3, 0.4) is 0 Å². The minimum Gasteiger partial charge on any atom is -0.262 e. The molecule has 0 aliphatic rings. The van der Waals surface area contributed by atoms with Gasteiger partial charge in [0.1, 0.15) is 5.82 Å². The Balaban J connectivity index is 0.00000144. The highest BCUT2D eigenvalue weighted by Gasteiger charge is 2.04. The van der Waals surface area contributed by atoms with Crippen molar-refractivity contribution in [1.29, 1.82) is 0 Å². The summed E-state index contributed by atoms with van der Waals surface area (Å²) in [6, 6.07) is 9.12. The van der Waals surface area contributed by atoms with E-state index in [0.717, 1.165) is 16.8 Å². The van der Waals surface area contributed by atoms with Gasteiger partial charge in [-0.2, -0.15) is 0 Å². The number of halogens is 3. The highest BCUT2D eigenvalue weighted by atomic mass is 79.9. The average Bonchev–Trinajstić information content (AvgIpc) is 2.29. The van der Waals surface area contributed by atoms with Gasteiger partial charge in [-0.05, 0) is 41.8 Å². The number of rotatable bonds is 2. The summed E-state index contributed by atoms with van der Waals surface area (Å²) in [5, 5.41) is 0.536. The van der Waals surface area contributed by atoms with Crippen LogP contribution in [0.1, 0.15) is 11.3 Å². The first-order valence-corrected chi connectivity index (χ1v) is 6.10. The molecule has 0 amide bonds. The molecule has 0 atom stereocenters. The maximum atomic E-state index is 13.6. The van der Waals surface area contributed by atoms with E-state index in [0.29, 0.717) is 10.9 Å². The third-order valence-corrected chi connectivity index (χ3v) is 3.03. The van der Waals surface area contributed by atoms with Crippen molar-refractivity contribution >= 4 is 32.9 Å². The van der Waals surface area contributed by atoms with Gasteiger partial charge in [-0.15, -0.1) is 17.0 Å². The lowest BCUT2D eigenvalue weighted by Gasteiger charge is -2.05. The molecule has 1 heterocycles. The molecule has 0 aliphatic heterocycles. The Hall–Kier alpha value is -0.740. The molecule has 2 aromatic rings. The first-order valence-electron chi connectivity index (χ1n) is 4.98.